The zero-order valence-corrected chi connectivity index (χ0v) is 17.1. The number of benzene rings is 2. The largest absolute Gasteiger partial charge is 0.505 e. The Morgan fingerprint density at radius 2 is 1.87 bits per heavy atom. The van der Waals surface area contributed by atoms with Crippen molar-refractivity contribution in [1.82, 2.24) is 9.78 Å². The Bertz CT molecular complexity index is 1330. The van der Waals surface area contributed by atoms with Gasteiger partial charge in [-0.1, -0.05) is 12.1 Å². The van der Waals surface area contributed by atoms with Crippen LogP contribution < -0.4 is 5.56 Å². The second-order valence-corrected chi connectivity index (χ2v) is 7.74. The van der Waals surface area contributed by atoms with E-state index in [4.69, 9.17) is 4.42 Å². The fourth-order valence-corrected chi connectivity index (χ4v) is 4.04. The van der Waals surface area contributed by atoms with Crippen LogP contribution in [0.1, 0.15) is 29.7 Å². The van der Waals surface area contributed by atoms with E-state index in [1.807, 2.05) is 6.07 Å². The lowest BCUT2D eigenvalue weighted by Crippen LogP contribution is -2.15. The van der Waals surface area contributed by atoms with Gasteiger partial charge in [-0.15, -0.1) is 10.2 Å². The summed E-state index contributed by atoms with van der Waals surface area (Å²) in [4.78, 5) is 13.0. The molecule has 2 aromatic heterocycles. The smallest absolute Gasteiger partial charge is 0.299 e. The van der Waals surface area contributed by atoms with E-state index in [1.165, 1.54) is 34.9 Å². The average molecular weight is 414 g/mol. The molecule has 1 aliphatic carbocycles. The van der Waals surface area contributed by atoms with E-state index in [-0.39, 0.29) is 22.7 Å². The van der Waals surface area contributed by atoms with Gasteiger partial charge in [0.05, 0.1) is 23.2 Å². The van der Waals surface area contributed by atoms with Crippen LogP contribution in [0.3, 0.4) is 0 Å². The molecule has 5 rings (SSSR count). The quantitative estimate of drug-likeness (QED) is 0.417. The number of phenolic OH excluding ortho intramolecular Hbond substituents is 1. The SMILES string of the molecule is Cc1[nH]n(-c2ccc3c(c2)CCCC3)c(=O)c1N=Nc1cccc(-c2ccco2)c1O. The molecule has 0 aliphatic heterocycles. The summed E-state index contributed by atoms with van der Waals surface area (Å²) in [5.41, 5.74) is 4.75. The highest BCUT2D eigenvalue weighted by atomic mass is 16.3. The molecule has 0 bridgehead atoms. The van der Waals surface area contributed by atoms with E-state index >= 15 is 0 Å². The number of hydrogen-bond donors (Lipinski definition) is 2. The Kier molecular flexibility index (Phi) is 4.78. The Hall–Kier alpha value is -3.87. The van der Waals surface area contributed by atoms with Crippen molar-refractivity contribution in [3.05, 3.63) is 82.0 Å². The van der Waals surface area contributed by atoms with Gasteiger partial charge < -0.3 is 9.52 Å². The maximum Gasteiger partial charge on any atom is 0.299 e. The summed E-state index contributed by atoms with van der Waals surface area (Å²) in [5, 5.41) is 22.0. The fraction of sp³-hybridized carbons (Fsp3) is 0.208. The zero-order valence-electron chi connectivity index (χ0n) is 17.1. The lowest BCUT2D eigenvalue weighted by atomic mass is 9.91. The molecule has 156 valence electrons. The number of furan rings is 1. The van der Waals surface area contributed by atoms with Crippen molar-refractivity contribution in [2.24, 2.45) is 10.2 Å². The number of aryl methyl sites for hydroxylation is 3. The third kappa shape index (κ3) is 3.48. The molecule has 31 heavy (non-hydrogen) atoms. The molecule has 0 amide bonds. The van der Waals surface area contributed by atoms with E-state index in [0.29, 0.717) is 17.0 Å². The van der Waals surface area contributed by atoms with Gasteiger partial charge in [-0.25, -0.2) is 4.68 Å². The van der Waals surface area contributed by atoms with Crippen molar-refractivity contribution < 1.29 is 9.52 Å². The molecule has 7 heteroatoms. The summed E-state index contributed by atoms with van der Waals surface area (Å²) >= 11 is 0. The summed E-state index contributed by atoms with van der Waals surface area (Å²) in [6, 6.07) is 14.8. The lowest BCUT2D eigenvalue weighted by Gasteiger charge is -2.16. The number of fused-ring (bicyclic) bond motifs is 1. The molecular weight excluding hydrogens is 392 g/mol. The summed E-state index contributed by atoms with van der Waals surface area (Å²) in [7, 11) is 0. The van der Waals surface area contributed by atoms with Crippen molar-refractivity contribution in [2.45, 2.75) is 32.6 Å². The number of hydrogen-bond acceptors (Lipinski definition) is 5. The predicted molar refractivity (Wildman–Crippen MR) is 118 cm³/mol. The number of nitrogens with one attached hydrogen (secondary N) is 1. The Morgan fingerprint density at radius 3 is 2.68 bits per heavy atom. The molecule has 0 spiro atoms. The van der Waals surface area contributed by atoms with E-state index in [2.05, 4.69) is 27.5 Å². The first-order chi connectivity index (χ1) is 15.1. The molecule has 4 aromatic rings. The molecule has 2 aromatic carbocycles. The van der Waals surface area contributed by atoms with E-state index in [1.54, 1.807) is 37.3 Å². The van der Waals surface area contributed by atoms with Crippen LogP contribution in [0.25, 0.3) is 17.0 Å². The number of H-pyrrole nitrogens is 1. The Labute approximate surface area is 178 Å². The van der Waals surface area contributed by atoms with Crippen molar-refractivity contribution in [1.29, 1.82) is 0 Å². The third-order valence-corrected chi connectivity index (χ3v) is 5.69. The second-order valence-electron chi connectivity index (χ2n) is 7.74. The van der Waals surface area contributed by atoms with Gasteiger partial charge in [0, 0.05) is 0 Å². The van der Waals surface area contributed by atoms with Crippen molar-refractivity contribution in [3.63, 3.8) is 0 Å². The number of phenols is 1. The molecular formula is C24H22N4O3. The first-order valence-electron chi connectivity index (χ1n) is 10.3. The minimum absolute atomic E-state index is 0.0515. The van der Waals surface area contributed by atoms with Crippen molar-refractivity contribution >= 4 is 11.4 Å². The number of nitrogens with zero attached hydrogens (tertiary/aromatic N) is 3. The van der Waals surface area contributed by atoms with Crippen molar-refractivity contribution in [3.8, 4) is 22.8 Å². The van der Waals surface area contributed by atoms with Gasteiger partial charge in [0.15, 0.2) is 11.4 Å². The maximum atomic E-state index is 13.0. The molecule has 7 nitrogen and oxygen atoms in total. The highest BCUT2D eigenvalue weighted by Crippen LogP contribution is 2.38. The molecule has 2 heterocycles. The van der Waals surface area contributed by atoms with Crippen LogP contribution in [0.15, 0.2) is 74.2 Å². The van der Waals surface area contributed by atoms with Gasteiger partial charge in [-0.2, -0.15) is 0 Å². The van der Waals surface area contributed by atoms with E-state index in [0.717, 1.165) is 18.5 Å². The topological polar surface area (TPSA) is 95.9 Å². The first-order valence-corrected chi connectivity index (χ1v) is 10.3. The third-order valence-electron chi connectivity index (χ3n) is 5.69. The number of para-hydroxylation sites is 1. The standard InChI is InChI=1S/C24H22N4O3/c1-15-22(26-25-20-9-4-8-19(23(20)29)21-10-5-13-31-21)24(30)28(27-15)18-12-11-16-6-2-3-7-17(16)14-18/h4-5,8-14,27,29H,2-3,6-7H2,1H3. The van der Waals surface area contributed by atoms with Gasteiger partial charge in [0.25, 0.3) is 5.56 Å². The molecule has 0 saturated heterocycles. The van der Waals surface area contributed by atoms with Gasteiger partial charge in [0.2, 0.25) is 0 Å². The Balaban J connectivity index is 1.49. The molecule has 2 N–H and O–H groups in total. The summed E-state index contributed by atoms with van der Waals surface area (Å²) in [6.07, 6.45) is 6.06. The van der Waals surface area contributed by atoms with Crippen LogP contribution in [0, 0.1) is 6.92 Å². The minimum atomic E-state index is -0.279. The normalized spacial score (nSPS) is 13.6. The van der Waals surface area contributed by atoms with Gasteiger partial charge >= 0.3 is 0 Å². The highest BCUT2D eigenvalue weighted by molar-refractivity contribution is 5.73. The van der Waals surface area contributed by atoms with Crippen LogP contribution in [0.2, 0.25) is 0 Å². The van der Waals surface area contributed by atoms with Crippen molar-refractivity contribution in [2.75, 3.05) is 0 Å². The molecule has 0 atom stereocenters. The van der Waals surface area contributed by atoms with Crippen LogP contribution in [-0.2, 0) is 12.8 Å². The summed E-state index contributed by atoms with van der Waals surface area (Å²) < 4.78 is 6.86. The number of rotatable bonds is 4. The van der Waals surface area contributed by atoms with Crippen LogP contribution in [-0.4, -0.2) is 14.9 Å². The zero-order chi connectivity index (χ0) is 21.4. The number of aromatic amines is 1. The summed E-state index contributed by atoms with van der Waals surface area (Å²) in [5.74, 6) is 0.478. The summed E-state index contributed by atoms with van der Waals surface area (Å²) in [6.45, 7) is 1.78. The maximum absolute atomic E-state index is 13.0. The molecule has 0 saturated carbocycles. The second kappa shape index (κ2) is 7.75. The van der Waals surface area contributed by atoms with Gasteiger partial charge in [-0.3, -0.25) is 9.89 Å². The van der Waals surface area contributed by atoms with E-state index < -0.39 is 0 Å². The van der Waals surface area contributed by atoms with Crippen LogP contribution in [0.5, 0.6) is 5.75 Å². The Morgan fingerprint density at radius 1 is 1.03 bits per heavy atom. The molecule has 0 fully saturated rings. The fourth-order valence-electron chi connectivity index (χ4n) is 4.04. The predicted octanol–water partition coefficient (Wildman–Crippen LogP) is 5.73. The first kappa shape index (κ1) is 19.1. The minimum Gasteiger partial charge on any atom is -0.505 e. The van der Waals surface area contributed by atoms with Gasteiger partial charge in [0.1, 0.15) is 11.4 Å². The number of aromatic hydroxyl groups is 1. The highest BCUT2D eigenvalue weighted by Gasteiger charge is 2.16. The van der Waals surface area contributed by atoms with Crippen LogP contribution >= 0.6 is 0 Å². The van der Waals surface area contributed by atoms with Gasteiger partial charge in [-0.05, 0) is 80.1 Å². The monoisotopic (exact) mass is 414 g/mol. The molecule has 0 radical (unpaired) electrons. The van der Waals surface area contributed by atoms with Crippen LogP contribution in [0.4, 0.5) is 11.4 Å². The molecule has 0 unspecified atom stereocenters. The lowest BCUT2D eigenvalue weighted by molar-refractivity contribution is 0.474. The average Bonchev–Trinajstić information content (AvgIpc) is 3.41. The van der Waals surface area contributed by atoms with E-state index in [9.17, 15) is 9.90 Å². The number of aromatic nitrogens is 2. The number of azo groups is 1. The molecule has 1 aliphatic rings.